The summed E-state index contributed by atoms with van der Waals surface area (Å²) in [5, 5.41) is 3.03. The quantitative estimate of drug-likeness (QED) is 0.560. The molecule has 0 radical (unpaired) electrons. The van der Waals surface area contributed by atoms with Crippen molar-refractivity contribution < 1.29 is 18.0 Å². The lowest BCUT2D eigenvalue weighted by Gasteiger charge is -2.32. The monoisotopic (exact) mass is 428 g/mol. The summed E-state index contributed by atoms with van der Waals surface area (Å²) in [6.07, 6.45) is -4.00. The summed E-state index contributed by atoms with van der Waals surface area (Å²) >= 11 is 0. The number of hydrogen-bond acceptors (Lipinski definition) is 1. The molecule has 1 unspecified atom stereocenters. The van der Waals surface area contributed by atoms with E-state index >= 15 is 0 Å². The van der Waals surface area contributed by atoms with Crippen molar-refractivity contribution in [3.63, 3.8) is 0 Å². The molecule has 0 spiro atoms. The molecular weight excluding hydrogens is 406 g/mol. The first-order valence-corrected chi connectivity index (χ1v) is 11.7. The Morgan fingerprint density at radius 3 is 1.53 bits per heavy atom. The second-order valence-corrected chi connectivity index (χ2v) is 11.0. The molecule has 1 heterocycles. The highest BCUT2D eigenvalue weighted by Gasteiger charge is 2.59. The maximum atomic E-state index is 13.4. The fourth-order valence-corrected chi connectivity index (χ4v) is 9.33. The number of rotatable bonds is 5. The highest BCUT2D eigenvalue weighted by Crippen LogP contribution is 2.62. The van der Waals surface area contributed by atoms with Crippen molar-refractivity contribution in [1.82, 2.24) is 4.90 Å². The van der Waals surface area contributed by atoms with Crippen molar-refractivity contribution in [2.45, 2.75) is 18.3 Å². The molecule has 0 aliphatic carbocycles. The summed E-state index contributed by atoms with van der Waals surface area (Å²) in [4.78, 5) is 14.4. The lowest BCUT2D eigenvalue weighted by molar-refractivity contribution is -0.157. The lowest BCUT2D eigenvalue weighted by Crippen LogP contribution is -2.44. The molecule has 3 aromatic carbocycles. The summed E-state index contributed by atoms with van der Waals surface area (Å²) < 4.78 is 39.3. The molecule has 0 aromatic heterocycles. The molecule has 0 bridgehead atoms. The molecule has 1 saturated heterocycles. The van der Waals surface area contributed by atoms with E-state index in [2.05, 4.69) is 0 Å². The van der Waals surface area contributed by atoms with Crippen LogP contribution in [0, 0.1) is 0 Å². The van der Waals surface area contributed by atoms with Gasteiger partial charge in [0, 0.05) is 13.0 Å². The molecule has 1 fully saturated rings. The third-order valence-electron chi connectivity index (χ3n) is 5.60. The highest BCUT2D eigenvalue weighted by atomic mass is 31.2. The molecule has 3 aromatic rings. The molecule has 0 saturated carbocycles. The summed E-state index contributed by atoms with van der Waals surface area (Å²) in [6, 6.07) is 29.4. The lowest BCUT2D eigenvalue weighted by atomic mass is 10.3. The number of carbonyl (C=O) groups is 1. The molecule has 2 nitrogen and oxygen atoms in total. The van der Waals surface area contributed by atoms with Gasteiger partial charge in [0.15, 0.2) is 5.66 Å². The molecule has 1 aliphatic rings. The van der Waals surface area contributed by atoms with Crippen LogP contribution in [-0.4, -0.2) is 35.7 Å². The van der Waals surface area contributed by atoms with Crippen molar-refractivity contribution in [1.29, 1.82) is 0 Å². The minimum absolute atomic E-state index is 0.122. The smallest absolute Gasteiger partial charge is 0.330 e. The standard InChI is InChI=1S/C24H22F3NOP/c25-24(26,27)18-28-17-16-22(23(28)29)30(19-10-4-1-5-11-19,20-12-6-2-7-13-20)21-14-8-3-9-15-21/h1-15,22H,16-18H2/q+1. The fourth-order valence-electron chi connectivity index (χ4n) is 4.43. The van der Waals surface area contributed by atoms with Crippen LogP contribution in [0.3, 0.4) is 0 Å². The minimum Gasteiger partial charge on any atom is -0.330 e. The minimum atomic E-state index is -4.40. The zero-order valence-corrected chi connectivity index (χ0v) is 17.2. The third-order valence-corrected chi connectivity index (χ3v) is 10.3. The van der Waals surface area contributed by atoms with Gasteiger partial charge in [0.05, 0.1) is 0 Å². The molecule has 0 N–H and O–H groups in total. The van der Waals surface area contributed by atoms with Gasteiger partial charge in [-0.25, -0.2) is 0 Å². The summed E-state index contributed by atoms with van der Waals surface area (Å²) in [6.45, 7) is -1.07. The Balaban J connectivity index is 1.94. The van der Waals surface area contributed by atoms with Crippen molar-refractivity contribution in [2.75, 3.05) is 13.1 Å². The van der Waals surface area contributed by atoms with Gasteiger partial charge in [-0.15, -0.1) is 0 Å². The molecule has 1 atom stereocenters. The van der Waals surface area contributed by atoms with Crippen LogP contribution >= 0.6 is 7.26 Å². The van der Waals surface area contributed by atoms with E-state index in [-0.39, 0.29) is 6.54 Å². The number of nitrogens with zero attached hydrogens (tertiary/aromatic N) is 1. The summed E-state index contributed by atoms with van der Waals surface area (Å²) in [5.41, 5.74) is -0.521. The van der Waals surface area contributed by atoms with E-state index in [1.807, 2.05) is 91.0 Å². The van der Waals surface area contributed by atoms with E-state index in [1.54, 1.807) is 0 Å². The highest BCUT2D eigenvalue weighted by molar-refractivity contribution is 7.96. The fraction of sp³-hybridized carbons (Fsp3) is 0.208. The van der Waals surface area contributed by atoms with Crippen molar-refractivity contribution in [2.24, 2.45) is 0 Å². The Hall–Kier alpha value is -2.65. The second-order valence-electron chi connectivity index (χ2n) is 7.41. The Morgan fingerprint density at radius 2 is 1.17 bits per heavy atom. The molecule has 1 aliphatic heterocycles. The largest absolute Gasteiger partial charge is 0.406 e. The van der Waals surface area contributed by atoms with Crippen molar-refractivity contribution >= 4 is 29.1 Å². The Kier molecular flexibility index (Phi) is 5.66. The van der Waals surface area contributed by atoms with Gasteiger partial charge in [0.25, 0.3) is 5.91 Å². The van der Waals surface area contributed by atoms with E-state index in [4.69, 9.17) is 0 Å². The van der Waals surface area contributed by atoms with Crippen LogP contribution in [-0.2, 0) is 4.79 Å². The maximum Gasteiger partial charge on any atom is 0.406 e. The van der Waals surface area contributed by atoms with Crippen LogP contribution in [0.4, 0.5) is 13.2 Å². The Bertz CT molecular complexity index is 897. The van der Waals surface area contributed by atoms with Gasteiger partial charge in [0.1, 0.15) is 29.7 Å². The van der Waals surface area contributed by atoms with Gasteiger partial charge in [0.2, 0.25) is 0 Å². The van der Waals surface area contributed by atoms with E-state index in [0.717, 1.165) is 20.8 Å². The molecule has 30 heavy (non-hydrogen) atoms. The molecule has 6 heteroatoms. The topological polar surface area (TPSA) is 20.3 Å². The first-order valence-electron chi connectivity index (χ1n) is 9.84. The van der Waals surface area contributed by atoms with E-state index in [9.17, 15) is 18.0 Å². The number of alkyl halides is 3. The number of hydrogen-bond donors (Lipinski definition) is 0. The van der Waals surface area contributed by atoms with Crippen LogP contribution in [0.15, 0.2) is 91.0 Å². The number of likely N-dealkylation sites (tertiary alicyclic amines) is 1. The van der Waals surface area contributed by atoms with Gasteiger partial charge in [-0.2, -0.15) is 13.2 Å². The zero-order valence-electron chi connectivity index (χ0n) is 16.3. The SMILES string of the molecule is O=C1C([P+](c2ccccc2)(c2ccccc2)c2ccccc2)CCN1CC(F)(F)F. The molecule has 1 amide bonds. The van der Waals surface area contributed by atoms with Crippen LogP contribution in [0.2, 0.25) is 0 Å². The predicted molar refractivity (Wildman–Crippen MR) is 116 cm³/mol. The first-order chi connectivity index (χ1) is 14.4. The Labute approximate surface area is 174 Å². The number of amides is 1. The van der Waals surface area contributed by atoms with E-state index in [0.29, 0.717) is 6.42 Å². The summed E-state index contributed by atoms with van der Waals surface area (Å²) in [5.74, 6) is -0.405. The van der Waals surface area contributed by atoms with E-state index < -0.39 is 31.5 Å². The van der Waals surface area contributed by atoms with Crippen LogP contribution in [0.5, 0.6) is 0 Å². The van der Waals surface area contributed by atoms with Gasteiger partial charge in [-0.1, -0.05) is 54.6 Å². The van der Waals surface area contributed by atoms with Crippen molar-refractivity contribution in [3.8, 4) is 0 Å². The predicted octanol–water partition coefficient (Wildman–Crippen LogP) is 4.14. The molecule has 4 rings (SSSR count). The normalized spacial score (nSPS) is 17.4. The number of halogens is 3. The van der Waals surface area contributed by atoms with Gasteiger partial charge >= 0.3 is 6.18 Å². The molecule has 154 valence electrons. The maximum absolute atomic E-state index is 13.4. The van der Waals surface area contributed by atoms with Gasteiger partial charge in [-0.05, 0) is 36.4 Å². The van der Waals surface area contributed by atoms with Gasteiger partial charge < -0.3 is 4.90 Å². The number of carbonyl (C=O) groups excluding carboxylic acids is 1. The first kappa shape index (κ1) is 20.6. The van der Waals surface area contributed by atoms with E-state index in [1.165, 1.54) is 0 Å². The third kappa shape index (κ3) is 3.75. The number of benzene rings is 3. The van der Waals surface area contributed by atoms with Crippen LogP contribution in [0.1, 0.15) is 6.42 Å². The van der Waals surface area contributed by atoms with Crippen molar-refractivity contribution in [3.05, 3.63) is 91.0 Å². The molecular formula is C24H22F3NOP+. The Morgan fingerprint density at radius 1 is 0.767 bits per heavy atom. The second kappa shape index (κ2) is 8.23. The average molecular weight is 428 g/mol. The van der Waals surface area contributed by atoms with Gasteiger partial charge in [-0.3, -0.25) is 4.79 Å². The van der Waals surface area contributed by atoms with Crippen LogP contribution < -0.4 is 15.9 Å². The summed E-state index contributed by atoms with van der Waals surface area (Å²) in [7, 11) is -2.52. The van der Waals surface area contributed by atoms with Crippen LogP contribution in [0.25, 0.3) is 0 Å². The zero-order chi connectivity index (χ0) is 21.2. The average Bonchev–Trinajstić information content (AvgIpc) is 3.10.